The first kappa shape index (κ1) is 11.8. The summed E-state index contributed by atoms with van der Waals surface area (Å²) in [6, 6.07) is 10.9. The van der Waals surface area contributed by atoms with Crippen LogP contribution in [0.25, 0.3) is 0 Å². The Bertz CT molecular complexity index is 255. The molecule has 0 N–H and O–H groups in total. The van der Waals surface area contributed by atoms with E-state index in [1.54, 1.807) is 0 Å². The van der Waals surface area contributed by atoms with E-state index in [2.05, 4.69) is 60.1 Å². The van der Waals surface area contributed by atoms with Gasteiger partial charge in [0.2, 0.25) is 0 Å². The van der Waals surface area contributed by atoms with Gasteiger partial charge in [0.15, 0.2) is 0 Å². The third-order valence-corrected chi connectivity index (χ3v) is 3.67. The van der Waals surface area contributed by atoms with Gasteiger partial charge in [-0.3, -0.25) is 0 Å². The standard InChI is InChI=1S/C13H19Br/c1-3-13(2,10-7-11-14)12-8-5-4-6-9-12/h4-6,8-9H,3,7,10-11H2,1-2H3. The van der Waals surface area contributed by atoms with E-state index < -0.39 is 0 Å². The van der Waals surface area contributed by atoms with Crippen LogP contribution < -0.4 is 0 Å². The number of alkyl halides is 1. The number of hydrogen-bond donors (Lipinski definition) is 0. The van der Waals surface area contributed by atoms with Gasteiger partial charge in [-0.1, -0.05) is 60.1 Å². The van der Waals surface area contributed by atoms with Gasteiger partial charge in [-0.05, 0) is 30.2 Å². The van der Waals surface area contributed by atoms with Crippen molar-refractivity contribution in [2.24, 2.45) is 0 Å². The molecule has 0 saturated carbocycles. The van der Waals surface area contributed by atoms with Crippen LogP contribution >= 0.6 is 15.9 Å². The molecule has 1 atom stereocenters. The average Bonchev–Trinajstić information content (AvgIpc) is 2.27. The zero-order chi connectivity index (χ0) is 10.4. The maximum absolute atomic E-state index is 3.50. The average molecular weight is 255 g/mol. The first-order chi connectivity index (χ1) is 6.73. The Morgan fingerprint density at radius 1 is 1.21 bits per heavy atom. The Kier molecular flexibility index (Phi) is 4.67. The van der Waals surface area contributed by atoms with E-state index in [-0.39, 0.29) is 0 Å². The van der Waals surface area contributed by atoms with Crippen molar-refractivity contribution in [1.29, 1.82) is 0 Å². The maximum atomic E-state index is 3.50. The van der Waals surface area contributed by atoms with Gasteiger partial charge < -0.3 is 0 Å². The van der Waals surface area contributed by atoms with E-state index in [0.717, 1.165) is 5.33 Å². The summed E-state index contributed by atoms with van der Waals surface area (Å²) in [7, 11) is 0. The Morgan fingerprint density at radius 2 is 1.86 bits per heavy atom. The summed E-state index contributed by atoms with van der Waals surface area (Å²) in [6.45, 7) is 4.65. The summed E-state index contributed by atoms with van der Waals surface area (Å²) >= 11 is 3.50. The monoisotopic (exact) mass is 254 g/mol. The van der Waals surface area contributed by atoms with E-state index in [0.29, 0.717) is 5.41 Å². The molecular weight excluding hydrogens is 236 g/mol. The van der Waals surface area contributed by atoms with Crippen molar-refractivity contribution < 1.29 is 0 Å². The van der Waals surface area contributed by atoms with Gasteiger partial charge in [0, 0.05) is 5.33 Å². The van der Waals surface area contributed by atoms with Crippen LogP contribution in [0.5, 0.6) is 0 Å². The Balaban J connectivity index is 2.79. The minimum atomic E-state index is 0.356. The Labute approximate surface area is 95.9 Å². The third kappa shape index (κ3) is 2.84. The molecule has 0 heterocycles. The van der Waals surface area contributed by atoms with E-state index in [9.17, 15) is 0 Å². The van der Waals surface area contributed by atoms with Crippen LogP contribution in [0.3, 0.4) is 0 Å². The highest BCUT2D eigenvalue weighted by atomic mass is 79.9. The van der Waals surface area contributed by atoms with Crippen molar-refractivity contribution in [3.63, 3.8) is 0 Å². The molecule has 0 fully saturated rings. The summed E-state index contributed by atoms with van der Waals surface area (Å²) in [6.07, 6.45) is 3.72. The van der Waals surface area contributed by atoms with Crippen LogP contribution in [0.4, 0.5) is 0 Å². The molecule has 0 aliphatic carbocycles. The maximum Gasteiger partial charge on any atom is 0.00316 e. The topological polar surface area (TPSA) is 0 Å². The van der Waals surface area contributed by atoms with Crippen LogP contribution in [0, 0.1) is 0 Å². The van der Waals surface area contributed by atoms with Crippen LogP contribution in [0.2, 0.25) is 0 Å². The highest BCUT2D eigenvalue weighted by molar-refractivity contribution is 9.09. The van der Waals surface area contributed by atoms with Crippen LogP contribution in [0.15, 0.2) is 30.3 Å². The van der Waals surface area contributed by atoms with Crippen molar-refractivity contribution in [2.75, 3.05) is 5.33 Å². The first-order valence-electron chi connectivity index (χ1n) is 5.34. The molecule has 0 saturated heterocycles. The van der Waals surface area contributed by atoms with E-state index in [1.807, 2.05) is 0 Å². The Hall–Kier alpha value is -0.300. The molecule has 1 aromatic carbocycles. The van der Waals surface area contributed by atoms with Crippen LogP contribution in [-0.4, -0.2) is 5.33 Å². The zero-order valence-corrected chi connectivity index (χ0v) is 10.7. The summed E-state index contributed by atoms with van der Waals surface area (Å²) < 4.78 is 0. The summed E-state index contributed by atoms with van der Waals surface area (Å²) in [5.41, 5.74) is 1.83. The normalized spacial score (nSPS) is 15.1. The Morgan fingerprint density at radius 3 is 2.36 bits per heavy atom. The number of hydrogen-bond acceptors (Lipinski definition) is 0. The summed E-state index contributed by atoms with van der Waals surface area (Å²) in [5.74, 6) is 0. The highest BCUT2D eigenvalue weighted by Crippen LogP contribution is 2.32. The second-order valence-electron chi connectivity index (χ2n) is 4.07. The molecule has 0 aliphatic rings. The highest BCUT2D eigenvalue weighted by Gasteiger charge is 2.23. The molecule has 0 bridgehead atoms. The van der Waals surface area contributed by atoms with Crippen molar-refractivity contribution in [3.05, 3.63) is 35.9 Å². The number of rotatable bonds is 5. The fourth-order valence-corrected chi connectivity index (χ4v) is 2.10. The molecule has 0 spiro atoms. The van der Waals surface area contributed by atoms with Gasteiger partial charge in [-0.2, -0.15) is 0 Å². The van der Waals surface area contributed by atoms with Gasteiger partial charge in [0.25, 0.3) is 0 Å². The van der Waals surface area contributed by atoms with Gasteiger partial charge >= 0.3 is 0 Å². The summed E-state index contributed by atoms with van der Waals surface area (Å²) in [5, 5.41) is 1.11. The lowest BCUT2D eigenvalue weighted by Crippen LogP contribution is -2.20. The molecule has 1 unspecified atom stereocenters. The minimum Gasteiger partial charge on any atom is -0.0928 e. The third-order valence-electron chi connectivity index (χ3n) is 3.11. The molecule has 1 aromatic rings. The number of halogens is 1. The molecule has 0 aliphatic heterocycles. The SMILES string of the molecule is CCC(C)(CCCBr)c1ccccc1. The lowest BCUT2D eigenvalue weighted by atomic mass is 9.77. The molecular formula is C13H19Br. The summed E-state index contributed by atoms with van der Waals surface area (Å²) in [4.78, 5) is 0. The van der Waals surface area contributed by atoms with E-state index in [1.165, 1.54) is 24.8 Å². The van der Waals surface area contributed by atoms with Crippen LogP contribution in [-0.2, 0) is 5.41 Å². The fourth-order valence-electron chi connectivity index (χ4n) is 1.82. The minimum absolute atomic E-state index is 0.356. The van der Waals surface area contributed by atoms with Crippen LogP contribution in [0.1, 0.15) is 38.7 Å². The first-order valence-corrected chi connectivity index (χ1v) is 6.46. The zero-order valence-electron chi connectivity index (χ0n) is 9.09. The molecule has 0 radical (unpaired) electrons. The smallest absolute Gasteiger partial charge is 0.00316 e. The molecule has 78 valence electrons. The van der Waals surface area contributed by atoms with Gasteiger partial charge in [-0.15, -0.1) is 0 Å². The van der Waals surface area contributed by atoms with E-state index >= 15 is 0 Å². The van der Waals surface area contributed by atoms with Crippen molar-refractivity contribution >= 4 is 15.9 Å². The largest absolute Gasteiger partial charge is 0.0928 e. The molecule has 1 heteroatoms. The van der Waals surface area contributed by atoms with Crippen molar-refractivity contribution in [3.8, 4) is 0 Å². The molecule has 0 amide bonds. The van der Waals surface area contributed by atoms with E-state index in [4.69, 9.17) is 0 Å². The predicted molar refractivity (Wildman–Crippen MR) is 67.1 cm³/mol. The molecule has 0 aromatic heterocycles. The molecule has 14 heavy (non-hydrogen) atoms. The van der Waals surface area contributed by atoms with Gasteiger partial charge in [0.1, 0.15) is 0 Å². The molecule has 0 nitrogen and oxygen atoms in total. The van der Waals surface area contributed by atoms with Crippen molar-refractivity contribution in [2.45, 2.75) is 38.5 Å². The fraction of sp³-hybridized carbons (Fsp3) is 0.538. The quantitative estimate of drug-likeness (QED) is 0.678. The van der Waals surface area contributed by atoms with Gasteiger partial charge in [0.05, 0.1) is 0 Å². The second kappa shape index (κ2) is 5.55. The second-order valence-corrected chi connectivity index (χ2v) is 4.87. The lowest BCUT2D eigenvalue weighted by Gasteiger charge is -2.28. The predicted octanol–water partition coefficient (Wildman–Crippen LogP) is 4.53. The molecule has 1 rings (SSSR count). The van der Waals surface area contributed by atoms with Crippen molar-refractivity contribution in [1.82, 2.24) is 0 Å². The van der Waals surface area contributed by atoms with Gasteiger partial charge in [-0.25, -0.2) is 0 Å². The number of benzene rings is 1. The lowest BCUT2D eigenvalue weighted by molar-refractivity contribution is 0.416.